The Hall–Kier alpha value is -1.24. The fourth-order valence-electron chi connectivity index (χ4n) is 0.537. The monoisotopic (exact) mass is 270 g/mol. The summed E-state index contributed by atoms with van der Waals surface area (Å²) in [5.74, 6) is 0. The van der Waals surface area contributed by atoms with E-state index in [-0.39, 0.29) is 5.56 Å². The minimum absolute atomic E-state index is 0.334. The lowest BCUT2D eigenvalue weighted by Gasteiger charge is -1.84. The van der Waals surface area contributed by atoms with Crippen LogP contribution in [0.4, 0.5) is 0 Å². The van der Waals surface area contributed by atoms with E-state index in [1.165, 1.54) is 6.20 Å². The fourth-order valence-corrected chi connectivity index (χ4v) is 1.01. The predicted octanol–water partition coefficient (Wildman–Crippen LogP) is -0.326. The van der Waals surface area contributed by atoms with Crippen LogP contribution in [0.15, 0.2) is 15.8 Å². The van der Waals surface area contributed by atoms with Crippen molar-refractivity contribution < 1.29 is 23.2 Å². The van der Waals surface area contributed by atoms with Crippen molar-refractivity contribution in [2.45, 2.75) is 6.92 Å². The Balaban J connectivity index is 0.000000293. The lowest BCUT2D eigenvalue weighted by Crippen LogP contribution is -2.22. The lowest BCUT2D eigenvalue weighted by molar-refractivity contribution is 0.371. The first-order chi connectivity index (χ1) is 7.32. The molecule has 0 aliphatic heterocycles. The van der Waals surface area contributed by atoms with Crippen LogP contribution in [0.5, 0.6) is 0 Å². The Bertz CT molecular complexity index is 480. The second-order valence-electron chi connectivity index (χ2n) is 2.31. The Morgan fingerprint density at radius 3 is 2.00 bits per heavy atom. The van der Waals surface area contributed by atoms with Gasteiger partial charge in [-0.3, -0.25) is 9.78 Å². The van der Waals surface area contributed by atoms with E-state index in [9.17, 15) is 18.7 Å². The topological polar surface area (TPSA) is 150 Å². The maximum atomic E-state index is 10.6. The molecule has 0 radical (unpaired) electrons. The van der Waals surface area contributed by atoms with Crippen LogP contribution in [0, 0.1) is 6.92 Å². The Labute approximate surface area is 90.0 Å². The van der Waals surface area contributed by atoms with Crippen molar-refractivity contribution in [1.82, 2.24) is 9.97 Å². The third kappa shape index (κ3) is 7.10. The van der Waals surface area contributed by atoms with Gasteiger partial charge < -0.3 is 4.98 Å². The van der Waals surface area contributed by atoms with Gasteiger partial charge >= 0.3 is 22.2 Å². The summed E-state index contributed by atoms with van der Waals surface area (Å²) in [5.41, 5.74) is -0.293. The smallest absolute Gasteiger partial charge is 0.314 e. The van der Waals surface area contributed by atoms with E-state index in [2.05, 4.69) is 14.3 Å². The molecule has 88 valence electrons. The number of H-pyrrole nitrogens is 2. The van der Waals surface area contributed by atoms with Crippen LogP contribution >= 0.6 is 16.5 Å². The minimum atomic E-state index is -2.92. The molecule has 2 unspecified atom stereocenters. The Morgan fingerprint density at radius 2 is 1.75 bits per heavy atom. The first-order valence-corrected chi connectivity index (χ1v) is 5.88. The highest BCUT2D eigenvalue weighted by Gasteiger charge is 2.31. The Kier molecular flexibility index (Phi) is 6.55. The fraction of sp³-hybridized carbons (Fsp3) is 0.200. The molecule has 1 aromatic heterocycles. The van der Waals surface area contributed by atoms with Crippen LogP contribution in [0.1, 0.15) is 5.56 Å². The number of aryl methyl sites for hydroxylation is 1. The van der Waals surface area contributed by atoms with Crippen LogP contribution in [0.2, 0.25) is 0 Å². The summed E-state index contributed by atoms with van der Waals surface area (Å²) in [6.07, 6.45) is 1.38. The molecule has 1 rings (SSSR count). The van der Waals surface area contributed by atoms with Gasteiger partial charge in [-0.25, -0.2) is 4.79 Å². The maximum absolute atomic E-state index is 10.6. The molecule has 4 N–H and O–H groups in total. The standard InChI is InChI=1S/C5H6N2O2.O5P2/c1-3-2-6-5(9)7-4(3)8;1-6(2)5-7(3)4/h2H,1H3,(H2,6,7,8,9);/p+2. The quantitative estimate of drug-likeness (QED) is 0.537. The maximum Gasteiger partial charge on any atom is 0.745 e. The summed E-state index contributed by atoms with van der Waals surface area (Å²) < 4.78 is 22.2. The number of aromatic amines is 2. The van der Waals surface area contributed by atoms with Crippen LogP contribution in [0.3, 0.4) is 0 Å². The van der Waals surface area contributed by atoms with Gasteiger partial charge in [0.05, 0.1) is 0 Å². The van der Waals surface area contributed by atoms with E-state index in [0.717, 1.165) is 0 Å². The molecule has 0 aromatic carbocycles. The Morgan fingerprint density at radius 1 is 1.25 bits per heavy atom. The van der Waals surface area contributed by atoms with Gasteiger partial charge in [-0.1, -0.05) is 0 Å². The SMILES string of the molecule is Cc1c[nH]c(=O)[nH]c1=O.O=[P+](O)O[P+](=O)O. The van der Waals surface area contributed by atoms with Gasteiger partial charge in [-0.2, -0.15) is 0 Å². The van der Waals surface area contributed by atoms with E-state index in [4.69, 9.17) is 9.79 Å². The number of hydrogen-bond acceptors (Lipinski definition) is 5. The molecular formula is C5H8N2O7P2+2. The van der Waals surface area contributed by atoms with E-state index < -0.39 is 22.2 Å². The molecule has 1 heterocycles. The van der Waals surface area contributed by atoms with Gasteiger partial charge in [0.1, 0.15) is 0 Å². The second-order valence-corrected chi connectivity index (χ2v) is 3.92. The molecule has 0 spiro atoms. The normalized spacial score (nSPS) is 11.2. The second kappa shape index (κ2) is 7.10. The molecule has 0 bridgehead atoms. The van der Waals surface area contributed by atoms with Gasteiger partial charge in [-0.05, 0) is 6.92 Å². The van der Waals surface area contributed by atoms with Crippen molar-refractivity contribution in [3.63, 3.8) is 0 Å². The van der Waals surface area contributed by atoms with Crippen molar-refractivity contribution in [2.24, 2.45) is 0 Å². The zero-order valence-electron chi connectivity index (χ0n) is 7.91. The number of aromatic nitrogens is 2. The van der Waals surface area contributed by atoms with E-state index in [0.29, 0.717) is 5.56 Å². The molecule has 1 aromatic rings. The summed E-state index contributed by atoms with van der Waals surface area (Å²) >= 11 is 0. The van der Waals surface area contributed by atoms with E-state index in [1.54, 1.807) is 6.92 Å². The van der Waals surface area contributed by atoms with E-state index >= 15 is 0 Å². The zero-order valence-corrected chi connectivity index (χ0v) is 9.70. The summed E-state index contributed by atoms with van der Waals surface area (Å²) in [6.45, 7) is 1.62. The molecule has 16 heavy (non-hydrogen) atoms. The summed E-state index contributed by atoms with van der Waals surface area (Å²) in [5, 5.41) is 0. The molecule has 9 nitrogen and oxygen atoms in total. The molecule has 0 saturated carbocycles. The number of hydrogen-bond donors (Lipinski definition) is 4. The zero-order chi connectivity index (χ0) is 12.7. The predicted molar refractivity (Wildman–Crippen MR) is 53.2 cm³/mol. The number of rotatable bonds is 2. The molecule has 0 aliphatic carbocycles. The van der Waals surface area contributed by atoms with Gasteiger partial charge in [0.15, 0.2) is 4.31 Å². The van der Waals surface area contributed by atoms with Gasteiger partial charge in [-0.15, -0.1) is 9.79 Å². The summed E-state index contributed by atoms with van der Waals surface area (Å²) in [7, 11) is -5.85. The molecule has 11 heteroatoms. The highest BCUT2D eigenvalue weighted by atomic mass is 31.2. The van der Waals surface area contributed by atoms with Crippen molar-refractivity contribution in [3.8, 4) is 0 Å². The van der Waals surface area contributed by atoms with Crippen molar-refractivity contribution in [3.05, 3.63) is 32.6 Å². The summed E-state index contributed by atoms with van der Waals surface area (Å²) in [6, 6.07) is 0. The lowest BCUT2D eigenvalue weighted by atomic mass is 10.4. The largest absolute Gasteiger partial charge is 0.745 e. The van der Waals surface area contributed by atoms with Crippen LogP contribution in [-0.4, -0.2) is 19.8 Å². The first kappa shape index (κ1) is 14.8. The molecule has 0 fully saturated rings. The van der Waals surface area contributed by atoms with Crippen molar-refractivity contribution in [2.75, 3.05) is 0 Å². The van der Waals surface area contributed by atoms with Gasteiger partial charge in [0, 0.05) is 20.9 Å². The summed E-state index contributed by atoms with van der Waals surface area (Å²) in [4.78, 5) is 40.6. The average molecular weight is 270 g/mol. The molecular weight excluding hydrogens is 262 g/mol. The van der Waals surface area contributed by atoms with Crippen LogP contribution in [0.25, 0.3) is 0 Å². The van der Waals surface area contributed by atoms with Crippen molar-refractivity contribution in [1.29, 1.82) is 0 Å². The van der Waals surface area contributed by atoms with Gasteiger partial charge in [0.25, 0.3) is 5.56 Å². The molecule has 0 aliphatic rings. The minimum Gasteiger partial charge on any atom is -0.314 e. The highest BCUT2D eigenvalue weighted by molar-refractivity contribution is 7.46. The average Bonchev–Trinajstić information content (AvgIpc) is 2.10. The third-order valence-corrected chi connectivity index (χ3v) is 2.26. The molecule has 0 saturated heterocycles. The van der Waals surface area contributed by atoms with E-state index in [1.807, 2.05) is 0 Å². The molecule has 2 atom stereocenters. The highest BCUT2D eigenvalue weighted by Crippen LogP contribution is 2.30. The van der Waals surface area contributed by atoms with Gasteiger partial charge in [0.2, 0.25) is 0 Å². The number of nitrogens with one attached hydrogen (secondary N) is 2. The third-order valence-electron chi connectivity index (χ3n) is 1.14. The molecule has 0 amide bonds. The first-order valence-electron chi connectivity index (χ1n) is 3.62. The van der Waals surface area contributed by atoms with Crippen LogP contribution in [-0.2, 0) is 13.4 Å². The van der Waals surface area contributed by atoms with Crippen LogP contribution < -0.4 is 11.2 Å². The van der Waals surface area contributed by atoms with Crippen molar-refractivity contribution >= 4 is 16.5 Å².